The van der Waals surface area contributed by atoms with Crippen molar-refractivity contribution in [2.45, 2.75) is 13.8 Å². The maximum atomic E-state index is 12.8. The number of ether oxygens (including phenoxy) is 1. The summed E-state index contributed by atoms with van der Waals surface area (Å²) in [7, 11) is 0. The smallest absolute Gasteiger partial charge is 0.362 e. The average molecular weight is 308 g/mol. The Bertz CT molecular complexity index is 927. The highest BCUT2D eigenvalue weighted by atomic mass is 16.5. The first-order chi connectivity index (χ1) is 11.1. The van der Waals surface area contributed by atoms with Gasteiger partial charge in [0.05, 0.1) is 17.6 Å². The van der Waals surface area contributed by atoms with Crippen molar-refractivity contribution < 1.29 is 9.53 Å². The highest BCUT2D eigenvalue weighted by molar-refractivity contribution is 5.90. The van der Waals surface area contributed by atoms with Gasteiger partial charge in [0, 0.05) is 5.69 Å². The number of aryl methyl sites for hydroxylation is 1. The number of rotatable bonds is 3. The number of nitrogens with zero attached hydrogens (tertiary/aromatic N) is 2. The fourth-order valence-electron chi connectivity index (χ4n) is 2.41. The van der Waals surface area contributed by atoms with Crippen LogP contribution < -0.4 is 5.56 Å². The molecule has 3 rings (SSSR count). The van der Waals surface area contributed by atoms with Crippen molar-refractivity contribution in [2.24, 2.45) is 0 Å². The fraction of sp³-hybridized carbons (Fsp3) is 0.167. The molecule has 2 aromatic carbocycles. The molecule has 0 aliphatic carbocycles. The van der Waals surface area contributed by atoms with Gasteiger partial charge in [-0.3, -0.25) is 9.36 Å². The van der Waals surface area contributed by atoms with E-state index >= 15 is 0 Å². The Morgan fingerprint density at radius 2 is 1.83 bits per heavy atom. The molecule has 0 aliphatic heterocycles. The monoisotopic (exact) mass is 308 g/mol. The number of carbonyl (C=O) groups is 1. The van der Waals surface area contributed by atoms with Crippen LogP contribution in [0.4, 0.5) is 0 Å². The lowest BCUT2D eigenvalue weighted by Crippen LogP contribution is -2.28. The van der Waals surface area contributed by atoms with Crippen LogP contribution in [0.5, 0.6) is 0 Å². The maximum Gasteiger partial charge on any atom is 0.362 e. The van der Waals surface area contributed by atoms with Crippen molar-refractivity contribution in [3.63, 3.8) is 0 Å². The van der Waals surface area contributed by atoms with E-state index in [1.54, 1.807) is 19.1 Å². The van der Waals surface area contributed by atoms with Crippen LogP contribution >= 0.6 is 0 Å². The molecule has 1 heterocycles. The Hall–Kier alpha value is -2.95. The van der Waals surface area contributed by atoms with Gasteiger partial charge >= 0.3 is 5.97 Å². The van der Waals surface area contributed by atoms with Gasteiger partial charge in [-0.2, -0.15) is 0 Å². The minimum atomic E-state index is -0.705. The van der Waals surface area contributed by atoms with Gasteiger partial charge in [0.2, 0.25) is 5.69 Å². The molecule has 0 saturated carbocycles. The van der Waals surface area contributed by atoms with E-state index in [1.807, 2.05) is 43.3 Å². The minimum Gasteiger partial charge on any atom is -0.461 e. The molecule has 5 nitrogen and oxygen atoms in total. The lowest BCUT2D eigenvalue weighted by atomic mass is 10.2. The summed E-state index contributed by atoms with van der Waals surface area (Å²) in [5.41, 5.74) is 2.30. The van der Waals surface area contributed by atoms with Crippen molar-refractivity contribution in [2.75, 3.05) is 6.61 Å². The summed E-state index contributed by atoms with van der Waals surface area (Å²) >= 11 is 0. The van der Waals surface area contributed by atoms with Crippen LogP contribution in [0.1, 0.15) is 23.0 Å². The molecule has 1 aromatic heterocycles. The quantitative estimate of drug-likeness (QED) is 0.698. The van der Waals surface area contributed by atoms with E-state index in [9.17, 15) is 9.59 Å². The Kier molecular flexibility index (Phi) is 3.93. The number of benzene rings is 2. The molecule has 0 bridgehead atoms. The lowest BCUT2D eigenvalue weighted by molar-refractivity contribution is 0.0517. The number of carbonyl (C=O) groups excluding carboxylic acids is 1. The highest BCUT2D eigenvalue weighted by Crippen LogP contribution is 2.16. The molecular weight excluding hydrogens is 292 g/mol. The molecule has 3 aromatic rings. The van der Waals surface area contributed by atoms with E-state index in [0.29, 0.717) is 16.7 Å². The first-order valence-corrected chi connectivity index (χ1v) is 7.37. The second kappa shape index (κ2) is 6.04. The van der Waals surface area contributed by atoms with Gasteiger partial charge in [0.15, 0.2) is 0 Å². The molecule has 0 saturated heterocycles. The van der Waals surface area contributed by atoms with Gasteiger partial charge in [0.25, 0.3) is 5.56 Å². The molecule has 0 N–H and O–H groups in total. The highest BCUT2D eigenvalue weighted by Gasteiger charge is 2.19. The van der Waals surface area contributed by atoms with Crippen LogP contribution in [-0.4, -0.2) is 22.1 Å². The van der Waals surface area contributed by atoms with Gasteiger partial charge in [-0.15, -0.1) is 0 Å². The predicted molar refractivity (Wildman–Crippen MR) is 88.0 cm³/mol. The van der Waals surface area contributed by atoms with E-state index in [2.05, 4.69) is 4.98 Å². The molecule has 0 amide bonds. The molecule has 0 radical (unpaired) electrons. The summed E-state index contributed by atoms with van der Waals surface area (Å²) < 4.78 is 6.45. The van der Waals surface area contributed by atoms with E-state index in [1.165, 1.54) is 4.57 Å². The summed E-state index contributed by atoms with van der Waals surface area (Å²) in [6.45, 7) is 3.86. The largest absolute Gasteiger partial charge is 0.461 e. The van der Waals surface area contributed by atoms with Crippen molar-refractivity contribution in [3.8, 4) is 5.69 Å². The van der Waals surface area contributed by atoms with Gasteiger partial charge in [-0.25, -0.2) is 9.78 Å². The normalized spacial score (nSPS) is 10.7. The van der Waals surface area contributed by atoms with E-state index in [-0.39, 0.29) is 12.3 Å². The number of esters is 1. The third-order valence-electron chi connectivity index (χ3n) is 3.52. The summed E-state index contributed by atoms with van der Waals surface area (Å²) in [6, 6.07) is 14.7. The first-order valence-electron chi connectivity index (χ1n) is 7.37. The summed E-state index contributed by atoms with van der Waals surface area (Å²) in [5, 5.41) is 0. The molecule has 23 heavy (non-hydrogen) atoms. The van der Waals surface area contributed by atoms with Crippen molar-refractivity contribution in [1.29, 1.82) is 0 Å². The van der Waals surface area contributed by atoms with Crippen LogP contribution in [0.2, 0.25) is 0 Å². The Balaban J connectivity index is 2.34. The first kappa shape index (κ1) is 15.0. The van der Waals surface area contributed by atoms with Crippen LogP contribution in [-0.2, 0) is 4.74 Å². The predicted octanol–water partition coefficient (Wildman–Crippen LogP) is 2.87. The Morgan fingerprint density at radius 1 is 1.13 bits per heavy atom. The third-order valence-corrected chi connectivity index (χ3v) is 3.52. The van der Waals surface area contributed by atoms with Gasteiger partial charge < -0.3 is 4.74 Å². The van der Waals surface area contributed by atoms with E-state index in [0.717, 1.165) is 5.56 Å². The number of para-hydroxylation sites is 2. The van der Waals surface area contributed by atoms with Gasteiger partial charge in [-0.1, -0.05) is 29.8 Å². The molecule has 5 heteroatoms. The average Bonchev–Trinajstić information content (AvgIpc) is 2.56. The molecule has 0 fully saturated rings. The van der Waals surface area contributed by atoms with Crippen molar-refractivity contribution >= 4 is 17.0 Å². The fourth-order valence-corrected chi connectivity index (χ4v) is 2.41. The zero-order valence-electron chi connectivity index (χ0n) is 12.9. The Labute approximate surface area is 133 Å². The second-order valence-corrected chi connectivity index (χ2v) is 5.15. The van der Waals surface area contributed by atoms with E-state index < -0.39 is 11.5 Å². The molecule has 0 spiro atoms. The van der Waals surface area contributed by atoms with Crippen LogP contribution in [0, 0.1) is 6.92 Å². The molecule has 116 valence electrons. The summed E-state index contributed by atoms with van der Waals surface area (Å²) in [5.74, 6) is -0.705. The summed E-state index contributed by atoms with van der Waals surface area (Å²) in [4.78, 5) is 29.0. The minimum absolute atomic E-state index is 0.192. The Morgan fingerprint density at radius 3 is 2.52 bits per heavy atom. The second-order valence-electron chi connectivity index (χ2n) is 5.15. The van der Waals surface area contributed by atoms with Crippen molar-refractivity contribution in [3.05, 3.63) is 70.1 Å². The number of aromatic nitrogens is 2. The number of hydrogen-bond donors (Lipinski definition) is 0. The van der Waals surface area contributed by atoms with Crippen molar-refractivity contribution in [1.82, 2.24) is 9.55 Å². The van der Waals surface area contributed by atoms with Crippen LogP contribution in [0.3, 0.4) is 0 Å². The third kappa shape index (κ3) is 2.73. The van der Waals surface area contributed by atoms with Gasteiger partial charge in [0.1, 0.15) is 0 Å². The number of fused-ring (bicyclic) bond motifs is 1. The van der Waals surface area contributed by atoms with Gasteiger partial charge in [-0.05, 0) is 38.1 Å². The van der Waals surface area contributed by atoms with Crippen LogP contribution in [0.25, 0.3) is 16.7 Å². The van der Waals surface area contributed by atoms with E-state index in [4.69, 9.17) is 4.74 Å². The zero-order valence-corrected chi connectivity index (χ0v) is 12.9. The standard InChI is InChI=1S/C18H16N2O3/c1-3-23-18(22)16-17(21)20(13-10-8-12(2)9-11-13)15-7-5-4-6-14(15)19-16/h4-11H,3H2,1-2H3. The molecule has 0 unspecified atom stereocenters. The maximum absolute atomic E-state index is 12.8. The molecular formula is C18H16N2O3. The summed E-state index contributed by atoms with van der Waals surface area (Å²) in [6.07, 6.45) is 0. The molecule has 0 atom stereocenters. The molecule has 0 aliphatic rings. The van der Waals surface area contributed by atoms with Crippen LogP contribution in [0.15, 0.2) is 53.3 Å². The SMILES string of the molecule is CCOC(=O)c1nc2ccccc2n(-c2ccc(C)cc2)c1=O. The topological polar surface area (TPSA) is 61.2 Å². The number of hydrogen-bond acceptors (Lipinski definition) is 4. The zero-order chi connectivity index (χ0) is 16.4. The lowest BCUT2D eigenvalue weighted by Gasteiger charge is -2.12.